The highest BCUT2D eigenvalue weighted by Gasteiger charge is 2.45. The lowest BCUT2D eigenvalue weighted by Gasteiger charge is -2.27. The molecule has 0 radical (unpaired) electrons. The average Bonchev–Trinajstić information content (AvgIpc) is 3.28. The van der Waals surface area contributed by atoms with Crippen LogP contribution in [0.2, 0.25) is 0 Å². The molecule has 1 aliphatic rings. The minimum absolute atomic E-state index is 0.00986. The monoisotopic (exact) mass is 490 g/mol. The van der Waals surface area contributed by atoms with Crippen molar-refractivity contribution in [1.29, 1.82) is 0 Å². The number of aromatic nitrogens is 1. The lowest BCUT2D eigenvalue weighted by Crippen LogP contribution is -2.31. The first-order chi connectivity index (χ1) is 16.6. The van der Waals surface area contributed by atoms with E-state index in [-0.39, 0.29) is 11.7 Å². The number of carbonyl (C=O) groups is 3. The first kappa shape index (κ1) is 24.3. The van der Waals surface area contributed by atoms with Gasteiger partial charge >= 0.3 is 5.97 Å². The van der Waals surface area contributed by atoms with Crippen molar-refractivity contribution >= 4 is 34.7 Å². The minimum atomic E-state index is -0.842. The quantitative estimate of drug-likeness (QED) is 0.366. The second kappa shape index (κ2) is 9.46. The molecule has 180 valence electrons. The van der Waals surface area contributed by atoms with Crippen LogP contribution in [-0.4, -0.2) is 33.9 Å². The van der Waals surface area contributed by atoms with Crippen molar-refractivity contribution in [2.45, 2.75) is 46.8 Å². The molecule has 8 heteroatoms. The Bertz CT molecular complexity index is 1350. The lowest BCUT2D eigenvalue weighted by atomic mass is 9.94. The number of amides is 1. The van der Waals surface area contributed by atoms with Gasteiger partial charge in [-0.05, 0) is 64.4 Å². The van der Waals surface area contributed by atoms with Gasteiger partial charge < -0.3 is 9.84 Å². The second-order valence-corrected chi connectivity index (χ2v) is 9.93. The third-order valence-electron chi connectivity index (χ3n) is 5.64. The van der Waals surface area contributed by atoms with Crippen LogP contribution in [0.1, 0.15) is 61.7 Å². The summed E-state index contributed by atoms with van der Waals surface area (Å²) in [6.07, 6.45) is -0.262. The van der Waals surface area contributed by atoms with E-state index < -0.39 is 29.5 Å². The van der Waals surface area contributed by atoms with Gasteiger partial charge in [0.2, 0.25) is 5.78 Å². The number of anilines is 1. The van der Waals surface area contributed by atoms with Crippen molar-refractivity contribution in [1.82, 2.24) is 4.98 Å². The van der Waals surface area contributed by atoms with E-state index in [0.29, 0.717) is 27.4 Å². The highest BCUT2D eigenvalue weighted by molar-refractivity contribution is 7.14. The van der Waals surface area contributed by atoms with Crippen molar-refractivity contribution in [3.63, 3.8) is 0 Å². The molecular weight excluding hydrogens is 464 g/mol. The van der Waals surface area contributed by atoms with Gasteiger partial charge in [-0.3, -0.25) is 14.5 Å². The first-order valence-electron chi connectivity index (χ1n) is 11.2. The molecule has 4 rings (SSSR count). The number of Topliss-reactive ketones (excluding diaryl/α,β-unsaturated/α-hetero) is 1. The summed E-state index contributed by atoms with van der Waals surface area (Å²) in [5, 5.41) is 11.7. The molecule has 0 saturated carbocycles. The molecule has 0 bridgehead atoms. The summed E-state index contributed by atoms with van der Waals surface area (Å²) in [7, 11) is 0. The maximum Gasteiger partial charge on any atom is 0.338 e. The van der Waals surface area contributed by atoms with Crippen LogP contribution >= 0.6 is 11.3 Å². The van der Waals surface area contributed by atoms with Gasteiger partial charge in [0, 0.05) is 5.69 Å². The number of thiazole rings is 1. The van der Waals surface area contributed by atoms with E-state index in [1.807, 2.05) is 31.2 Å². The van der Waals surface area contributed by atoms with Crippen molar-refractivity contribution in [2.24, 2.45) is 0 Å². The molecule has 1 aliphatic heterocycles. The number of esters is 1. The highest BCUT2D eigenvalue weighted by atomic mass is 32.1. The highest BCUT2D eigenvalue weighted by Crippen LogP contribution is 2.43. The third-order valence-corrected chi connectivity index (χ3v) is 6.72. The second-order valence-electron chi connectivity index (χ2n) is 8.73. The molecule has 2 heterocycles. The zero-order valence-corrected chi connectivity index (χ0v) is 21.0. The van der Waals surface area contributed by atoms with E-state index >= 15 is 0 Å². The van der Waals surface area contributed by atoms with Crippen LogP contribution in [0, 0.1) is 20.8 Å². The molecule has 1 N–H and O–H groups in total. The van der Waals surface area contributed by atoms with Crippen LogP contribution in [0.5, 0.6) is 0 Å². The molecule has 3 aromatic rings. The van der Waals surface area contributed by atoms with Crippen molar-refractivity contribution in [2.75, 3.05) is 4.90 Å². The van der Waals surface area contributed by atoms with Gasteiger partial charge in [-0.1, -0.05) is 29.8 Å². The maximum atomic E-state index is 13.6. The predicted octanol–water partition coefficient (Wildman–Crippen LogP) is 5.42. The van der Waals surface area contributed by atoms with E-state index in [2.05, 4.69) is 4.98 Å². The van der Waals surface area contributed by atoms with Gasteiger partial charge in [0.15, 0.2) is 5.76 Å². The van der Waals surface area contributed by atoms with Crippen LogP contribution in [-0.2, 0) is 9.53 Å². The van der Waals surface area contributed by atoms with Crippen LogP contribution in [0.4, 0.5) is 5.69 Å². The Hall–Kier alpha value is -3.78. The summed E-state index contributed by atoms with van der Waals surface area (Å²) in [6, 6.07) is 13.0. The van der Waals surface area contributed by atoms with Crippen LogP contribution in [0.25, 0.3) is 0 Å². The summed E-state index contributed by atoms with van der Waals surface area (Å²) in [5.41, 5.74) is 2.98. The fourth-order valence-electron chi connectivity index (χ4n) is 4.16. The first-order valence-corrected chi connectivity index (χ1v) is 12.0. The van der Waals surface area contributed by atoms with Gasteiger partial charge in [0.05, 0.1) is 38.9 Å². The standard InChI is InChI=1S/C27H26N2O5S/c1-14(2)34-27(33)18-9-11-20(12-10-18)29-22(19-8-6-7-15(3)13-19)21(24(31)26(29)32)23(30)25-16(4)28-17(5)35-25/h6-14,22,31H,1-5H3. The molecule has 0 saturated heterocycles. The van der Waals surface area contributed by atoms with Crippen molar-refractivity contribution in [3.8, 4) is 0 Å². The number of ketones is 1. The Kier molecular flexibility index (Phi) is 6.58. The normalized spacial score (nSPS) is 15.8. The Balaban J connectivity index is 1.80. The summed E-state index contributed by atoms with van der Waals surface area (Å²) in [5.74, 6) is -2.17. The largest absolute Gasteiger partial charge is 0.503 e. The molecule has 0 spiro atoms. The molecule has 1 unspecified atom stereocenters. The third kappa shape index (κ3) is 4.61. The number of benzene rings is 2. The van der Waals surface area contributed by atoms with Gasteiger partial charge in [-0.15, -0.1) is 11.3 Å². The SMILES string of the molecule is Cc1cccc(C2C(C(=O)c3sc(C)nc3C)=C(O)C(=O)N2c2ccc(C(=O)OC(C)C)cc2)c1. The number of hydrogen-bond donors (Lipinski definition) is 1. The molecule has 35 heavy (non-hydrogen) atoms. The fourth-order valence-corrected chi connectivity index (χ4v) is 5.04. The lowest BCUT2D eigenvalue weighted by molar-refractivity contribution is -0.117. The molecule has 2 aromatic carbocycles. The molecule has 1 amide bonds. The Morgan fingerprint density at radius 1 is 1.09 bits per heavy atom. The van der Waals surface area contributed by atoms with Gasteiger partial charge in [0.25, 0.3) is 5.91 Å². The number of rotatable bonds is 6. The minimum Gasteiger partial charge on any atom is -0.503 e. The van der Waals surface area contributed by atoms with Gasteiger partial charge in [0.1, 0.15) is 0 Å². The topological polar surface area (TPSA) is 96.8 Å². The molecule has 1 atom stereocenters. The Morgan fingerprint density at radius 3 is 2.34 bits per heavy atom. The zero-order valence-electron chi connectivity index (χ0n) is 20.2. The molecule has 1 aromatic heterocycles. The van der Waals surface area contributed by atoms with Crippen LogP contribution in [0.15, 0.2) is 59.9 Å². The Morgan fingerprint density at radius 2 is 1.77 bits per heavy atom. The summed E-state index contributed by atoms with van der Waals surface area (Å²) in [6.45, 7) is 8.99. The number of hydrogen-bond acceptors (Lipinski definition) is 7. The van der Waals surface area contributed by atoms with Gasteiger partial charge in [-0.2, -0.15) is 0 Å². The number of aliphatic hydroxyl groups is 1. The van der Waals surface area contributed by atoms with E-state index in [0.717, 1.165) is 10.6 Å². The fraction of sp³-hybridized carbons (Fsp3) is 0.259. The molecule has 0 aliphatic carbocycles. The van der Waals surface area contributed by atoms with E-state index in [1.165, 1.54) is 16.2 Å². The van der Waals surface area contributed by atoms with Crippen molar-refractivity contribution < 1.29 is 24.2 Å². The molecule has 0 fully saturated rings. The van der Waals surface area contributed by atoms with Gasteiger partial charge in [-0.25, -0.2) is 9.78 Å². The maximum absolute atomic E-state index is 13.6. The summed E-state index contributed by atoms with van der Waals surface area (Å²) < 4.78 is 5.24. The molecular formula is C27H26N2O5S. The smallest absolute Gasteiger partial charge is 0.338 e. The number of aryl methyl sites for hydroxylation is 3. The summed E-state index contributed by atoms with van der Waals surface area (Å²) in [4.78, 5) is 45.4. The predicted molar refractivity (Wildman–Crippen MR) is 134 cm³/mol. The zero-order chi connectivity index (χ0) is 25.4. The van der Waals surface area contributed by atoms with Crippen LogP contribution in [0.3, 0.4) is 0 Å². The summed E-state index contributed by atoms with van der Waals surface area (Å²) >= 11 is 1.23. The average molecular weight is 491 g/mol. The number of nitrogens with zero attached hydrogens (tertiary/aromatic N) is 2. The number of aliphatic hydroxyl groups excluding tert-OH is 1. The van der Waals surface area contributed by atoms with Crippen LogP contribution < -0.4 is 4.90 Å². The van der Waals surface area contributed by atoms with E-state index in [1.54, 1.807) is 52.0 Å². The van der Waals surface area contributed by atoms with E-state index in [9.17, 15) is 19.5 Å². The van der Waals surface area contributed by atoms with Crippen molar-refractivity contribution in [3.05, 3.63) is 92.1 Å². The number of carbonyl (C=O) groups excluding carboxylic acids is 3. The Labute approximate surface area is 207 Å². The van der Waals surface area contributed by atoms with E-state index in [4.69, 9.17) is 4.74 Å². The number of ether oxygens (including phenoxy) is 1. The molecule has 7 nitrogen and oxygen atoms in total.